The van der Waals surface area contributed by atoms with Gasteiger partial charge in [0.1, 0.15) is 18.2 Å². The van der Waals surface area contributed by atoms with Crippen LogP contribution in [0, 0.1) is 5.92 Å². The Hall–Kier alpha value is -1.40. The first-order valence-corrected chi connectivity index (χ1v) is 6.12. The van der Waals surface area contributed by atoms with Crippen molar-refractivity contribution in [2.45, 2.75) is 26.4 Å². The number of ether oxygens (including phenoxy) is 1. The van der Waals surface area contributed by atoms with Gasteiger partial charge < -0.3 is 20.9 Å². The average molecular weight is 254 g/mol. The zero-order valence-corrected chi connectivity index (χ0v) is 11.0. The highest BCUT2D eigenvalue weighted by Crippen LogP contribution is 2.10. The number of nitrogens with zero attached hydrogens (tertiary/aromatic N) is 2. The molecule has 0 fully saturated rings. The van der Waals surface area contributed by atoms with Crippen molar-refractivity contribution in [3.05, 3.63) is 11.9 Å². The Kier molecular flexibility index (Phi) is 6.38. The van der Waals surface area contributed by atoms with Gasteiger partial charge in [-0.05, 0) is 18.8 Å². The van der Waals surface area contributed by atoms with Gasteiger partial charge in [0.05, 0.1) is 0 Å². The van der Waals surface area contributed by atoms with Crippen molar-refractivity contribution in [1.82, 2.24) is 9.97 Å². The van der Waals surface area contributed by atoms with Crippen molar-refractivity contribution in [2.75, 3.05) is 31.3 Å². The maximum absolute atomic E-state index is 8.91. The lowest BCUT2D eigenvalue weighted by Gasteiger charge is -2.10. The van der Waals surface area contributed by atoms with Crippen LogP contribution in [-0.4, -0.2) is 35.3 Å². The van der Waals surface area contributed by atoms with Gasteiger partial charge in [0, 0.05) is 26.3 Å². The van der Waals surface area contributed by atoms with Crippen molar-refractivity contribution in [3.8, 4) is 0 Å². The van der Waals surface area contributed by atoms with Gasteiger partial charge in [-0.3, -0.25) is 0 Å². The van der Waals surface area contributed by atoms with Crippen LogP contribution in [0.25, 0.3) is 0 Å². The number of nitrogens with two attached hydrogens (primary N) is 1. The van der Waals surface area contributed by atoms with Gasteiger partial charge in [0.2, 0.25) is 0 Å². The van der Waals surface area contributed by atoms with E-state index < -0.39 is 0 Å². The normalized spacial score (nSPS) is 12.4. The summed E-state index contributed by atoms with van der Waals surface area (Å²) < 4.78 is 4.97. The Morgan fingerprint density at radius 1 is 1.50 bits per heavy atom. The first-order chi connectivity index (χ1) is 8.65. The molecule has 1 heterocycles. The highest BCUT2D eigenvalue weighted by molar-refractivity contribution is 5.44. The Morgan fingerprint density at radius 2 is 2.28 bits per heavy atom. The van der Waals surface area contributed by atoms with Crippen LogP contribution < -0.4 is 11.1 Å². The van der Waals surface area contributed by atoms with E-state index in [9.17, 15) is 0 Å². The molecule has 0 spiro atoms. The second-order valence-corrected chi connectivity index (χ2v) is 4.38. The van der Waals surface area contributed by atoms with Gasteiger partial charge in [-0.2, -0.15) is 0 Å². The molecule has 1 aromatic rings. The third-order valence-corrected chi connectivity index (χ3v) is 2.56. The number of nitrogens with one attached hydrogen (secondary N) is 1. The summed E-state index contributed by atoms with van der Waals surface area (Å²) in [5.41, 5.74) is 5.68. The molecule has 0 saturated heterocycles. The molecule has 18 heavy (non-hydrogen) atoms. The van der Waals surface area contributed by atoms with Crippen LogP contribution in [-0.2, 0) is 11.3 Å². The van der Waals surface area contributed by atoms with Crippen molar-refractivity contribution in [1.29, 1.82) is 0 Å². The van der Waals surface area contributed by atoms with Crippen molar-refractivity contribution in [3.63, 3.8) is 0 Å². The summed E-state index contributed by atoms with van der Waals surface area (Å²) in [4.78, 5) is 8.35. The molecule has 4 N–H and O–H groups in total. The Bertz CT molecular complexity index is 360. The average Bonchev–Trinajstić information content (AvgIpc) is 2.34. The van der Waals surface area contributed by atoms with Gasteiger partial charge in [0.15, 0.2) is 5.82 Å². The molecule has 0 aliphatic rings. The standard InChI is InChI=1S/C12H22N4O2/c1-9(7-17)4-3-5-14-11-6-10(13)15-12(16-11)8-18-2/h6,9,17H,3-5,7-8H2,1-2H3,(H3,13,14,15,16). The molecule has 0 saturated carbocycles. The molecule has 0 aromatic carbocycles. The smallest absolute Gasteiger partial charge is 0.158 e. The first kappa shape index (κ1) is 14.7. The summed E-state index contributed by atoms with van der Waals surface area (Å²) in [6.07, 6.45) is 1.96. The highest BCUT2D eigenvalue weighted by Gasteiger charge is 2.03. The zero-order chi connectivity index (χ0) is 13.4. The lowest BCUT2D eigenvalue weighted by molar-refractivity contribution is 0.178. The predicted molar refractivity (Wildman–Crippen MR) is 71.1 cm³/mol. The molecule has 1 rings (SSSR count). The number of nitrogen functional groups attached to an aromatic ring is 1. The van der Waals surface area contributed by atoms with Crippen LogP contribution in [0.3, 0.4) is 0 Å². The van der Waals surface area contributed by atoms with E-state index in [1.54, 1.807) is 13.2 Å². The van der Waals surface area contributed by atoms with E-state index in [0.29, 0.717) is 30.0 Å². The summed E-state index contributed by atoms with van der Waals surface area (Å²) in [7, 11) is 1.59. The van der Waals surface area contributed by atoms with E-state index in [1.807, 2.05) is 6.92 Å². The summed E-state index contributed by atoms with van der Waals surface area (Å²) >= 11 is 0. The third-order valence-electron chi connectivity index (χ3n) is 2.56. The summed E-state index contributed by atoms with van der Waals surface area (Å²) in [6, 6.07) is 1.70. The maximum Gasteiger partial charge on any atom is 0.158 e. The molecule has 1 aromatic heterocycles. The van der Waals surface area contributed by atoms with E-state index in [4.69, 9.17) is 15.6 Å². The van der Waals surface area contributed by atoms with E-state index in [2.05, 4.69) is 15.3 Å². The fourth-order valence-corrected chi connectivity index (χ4v) is 1.56. The van der Waals surface area contributed by atoms with E-state index in [-0.39, 0.29) is 6.61 Å². The lowest BCUT2D eigenvalue weighted by atomic mass is 10.1. The number of hydrogen-bond acceptors (Lipinski definition) is 6. The highest BCUT2D eigenvalue weighted by atomic mass is 16.5. The quantitative estimate of drug-likeness (QED) is 0.600. The van der Waals surface area contributed by atoms with Crippen molar-refractivity contribution >= 4 is 11.6 Å². The topological polar surface area (TPSA) is 93.3 Å². The minimum Gasteiger partial charge on any atom is -0.396 e. The molecule has 0 amide bonds. The number of hydrogen-bond donors (Lipinski definition) is 3. The van der Waals surface area contributed by atoms with Crippen LogP contribution >= 0.6 is 0 Å². The van der Waals surface area contributed by atoms with Crippen molar-refractivity contribution < 1.29 is 9.84 Å². The van der Waals surface area contributed by atoms with Gasteiger partial charge in [-0.25, -0.2) is 9.97 Å². The monoisotopic (exact) mass is 254 g/mol. The number of aliphatic hydroxyl groups is 1. The molecular weight excluding hydrogens is 232 g/mol. The van der Waals surface area contributed by atoms with Crippen LogP contribution in [0.1, 0.15) is 25.6 Å². The minimum absolute atomic E-state index is 0.235. The maximum atomic E-state index is 8.91. The molecule has 0 bridgehead atoms. The number of rotatable bonds is 8. The number of aromatic nitrogens is 2. The van der Waals surface area contributed by atoms with Gasteiger partial charge in [-0.1, -0.05) is 6.92 Å². The van der Waals surface area contributed by atoms with Crippen LogP contribution in [0.5, 0.6) is 0 Å². The van der Waals surface area contributed by atoms with Crippen molar-refractivity contribution in [2.24, 2.45) is 5.92 Å². The van der Waals surface area contributed by atoms with Gasteiger partial charge in [-0.15, -0.1) is 0 Å². The fourth-order valence-electron chi connectivity index (χ4n) is 1.56. The van der Waals surface area contributed by atoms with Gasteiger partial charge >= 0.3 is 0 Å². The second kappa shape index (κ2) is 7.84. The predicted octanol–water partition coefficient (Wildman–Crippen LogP) is 1.03. The van der Waals surface area contributed by atoms with Crippen LogP contribution in [0.2, 0.25) is 0 Å². The molecule has 6 nitrogen and oxygen atoms in total. The molecular formula is C12H22N4O2. The third kappa shape index (κ3) is 5.29. The fraction of sp³-hybridized carbons (Fsp3) is 0.667. The summed E-state index contributed by atoms with van der Waals surface area (Å²) in [6.45, 7) is 3.41. The summed E-state index contributed by atoms with van der Waals surface area (Å²) in [5.74, 6) is 2.06. The molecule has 1 unspecified atom stereocenters. The van der Waals surface area contributed by atoms with E-state index >= 15 is 0 Å². The summed E-state index contributed by atoms with van der Waals surface area (Å²) in [5, 5.41) is 12.1. The molecule has 0 radical (unpaired) electrons. The molecule has 0 aliphatic carbocycles. The number of anilines is 2. The molecule has 6 heteroatoms. The lowest BCUT2D eigenvalue weighted by Crippen LogP contribution is -2.10. The SMILES string of the molecule is COCc1nc(N)cc(NCCCC(C)CO)n1. The first-order valence-electron chi connectivity index (χ1n) is 6.12. The Balaban J connectivity index is 2.41. The zero-order valence-electron chi connectivity index (χ0n) is 11.0. The number of aliphatic hydroxyl groups excluding tert-OH is 1. The number of methoxy groups -OCH3 is 1. The molecule has 0 aliphatic heterocycles. The Labute approximate surface area is 108 Å². The second-order valence-electron chi connectivity index (χ2n) is 4.38. The van der Waals surface area contributed by atoms with Crippen LogP contribution in [0.15, 0.2) is 6.07 Å². The largest absolute Gasteiger partial charge is 0.396 e. The molecule has 102 valence electrons. The molecule has 1 atom stereocenters. The van der Waals surface area contributed by atoms with E-state index in [1.165, 1.54) is 0 Å². The Morgan fingerprint density at radius 3 is 2.94 bits per heavy atom. The van der Waals surface area contributed by atoms with Gasteiger partial charge in [0.25, 0.3) is 0 Å². The van der Waals surface area contributed by atoms with Crippen LogP contribution in [0.4, 0.5) is 11.6 Å². The van der Waals surface area contributed by atoms with E-state index in [0.717, 1.165) is 19.4 Å². The minimum atomic E-state index is 0.235.